The maximum Gasteiger partial charge on any atom is 0.508 e. The molecular formula is C14H17N3O3. The molecule has 1 aromatic carbocycles. The smallest absolute Gasteiger partial charge is 0.429 e. The normalized spacial score (nSPS) is 10.6. The molecule has 0 saturated carbocycles. The van der Waals surface area contributed by atoms with Crippen LogP contribution in [0.15, 0.2) is 36.5 Å². The maximum absolute atomic E-state index is 11.4. The minimum atomic E-state index is -0.715. The van der Waals surface area contributed by atoms with Gasteiger partial charge in [0.25, 0.3) is 0 Å². The van der Waals surface area contributed by atoms with Crippen molar-refractivity contribution in [2.75, 3.05) is 0 Å². The summed E-state index contributed by atoms with van der Waals surface area (Å²) < 4.78 is 11.7. The summed E-state index contributed by atoms with van der Waals surface area (Å²) in [7, 11) is 0. The monoisotopic (exact) mass is 275 g/mol. The Bertz CT molecular complexity index is 552. The molecule has 106 valence electrons. The van der Waals surface area contributed by atoms with E-state index in [1.807, 2.05) is 44.2 Å². The second-order valence-corrected chi connectivity index (χ2v) is 4.60. The molecule has 6 nitrogen and oxygen atoms in total. The molecule has 0 fully saturated rings. The first-order valence-corrected chi connectivity index (χ1v) is 6.39. The summed E-state index contributed by atoms with van der Waals surface area (Å²) in [6.07, 6.45) is 1.03. The molecule has 0 radical (unpaired) electrons. The molecule has 0 amide bonds. The first-order valence-electron chi connectivity index (χ1n) is 6.39. The highest BCUT2D eigenvalue weighted by molar-refractivity contribution is 5.59. The predicted octanol–water partition coefficient (Wildman–Crippen LogP) is 2.71. The molecule has 0 saturated heterocycles. The summed E-state index contributed by atoms with van der Waals surface area (Å²) in [6, 6.07) is 9.65. The van der Waals surface area contributed by atoms with Gasteiger partial charge in [0, 0.05) is 6.04 Å². The zero-order chi connectivity index (χ0) is 14.4. The topological polar surface area (TPSA) is 66.2 Å². The number of rotatable bonds is 5. The van der Waals surface area contributed by atoms with Gasteiger partial charge < -0.3 is 9.47 Å². The van der Waals surface area contributed by atoms with Crippen molar-refractivity contribution in [1.82, 2.24) is 15.0 Å². The van der Waals surface area contributed by atoms with Crippen LogP contribution in [0.2, 0.25) is 0 Å². The van der Waals surface area contributed by atoms with Gasteiger partial charge in [-0.1, -0.05) is 35.5 Å². The Hall–Kier alpha value is -2.37. The SMILES string of the molecule is CC(C)n1cc(COC(=O)OCc2ccccc2)nn1. The van der Waals surface area contributed by atoms with Crippen molar-refractivity contribution in [2.45, 2.75) is 33.1 Å². The molecule has 0 aliphatic carbocycles. The Balaban J connectivity index is 1.74. The average Bonchev–Trinajstić information content (AvgIpc) is 2.93. The zero-order valence-electron chi connectivity index (χ0n) is 11.5. The fraction of sp³-hybridized carbons (Fsp3) is 0.357. The van der Waals surface area contributed by atoms with E-state index in [4.69, 9.17) is 9.47 Å². The van der Waals surface area contributed by atoms with E-state index in [1.54, 1.807) is 10.9 Å². The van der Waals surface area contributed by atoms with E-state index < -0.39 is 6.16 Å². The molecule has 2 aromatic rings. The summed E-state index contributed by atoms with van der Waals surface area (Å²) in [4.78, 5) is 11.4. The van der Waals surface area contributed by atoms with Crippen LogP contribution in [0.25, 0.3) is 0 Å². The number of aromatic nitrogens is 3. The van der Waals surface area contributed by atoms with Crippen molar-refractivity contribution in [3.8, 4) is 0 Å². The first-order chi connectivity index (χ1) is 9.65. The van der Waals surface area contributed by atoms with Gasteiger partial charge in [0.05, 0.1) is 6.20 Å². The zero-order valence-corrected chi connectivity index (χ0v) is 11.5. The van der Waals surface area contributed by atoms with Crippen LogP contribution in [0.4, 0.5) is 4.79 Å². The quantitative estimate of drug-likeness (QED) is 0.785. The predicted molar refractivity (Wildman–Crippen MR) is 71.8 cm³/mol. The van der Waals surface area contributed by atoms with E-state index >= 15 is 0 Å². The fourth-order valence-electron chi connectivity index (χ4n) is 1.52. The maximum atomic E-state index is 11.4. The van der Waals surface area contributed by atoms with Crippen LogP contribution in [-0.4, -0.2) is 21.1 Å². The molecule has 0 aliphatic heterocycles. The van der Waals surface area contributed by atoms with Gasteiger partial charge in [-0.3, -0.25) is 0 Å². The van der Waals surface area contributed by atoms with Crippen LogP contribution >= 0.6 is 0 Å². The Morgan fingerprint density at radius 3 is 2.55 bits per heavy atom. The van der Waals surface area contributed by atoms with E-state index in [2.05, 4.69) is 10.3 Å². The lowest BCUT2D eigenvalue weighted by molar-refractivity contribution is 0.0438. The van der Waals surface area contributed by atoms with Crippen molar-refractivity contribution in [1.29, 1.82) is 0 Å². The van der Waals surface area contributed by atoms with Crippen LogP contribution in [-0.2, 0) is 22.7 Å². The summed E-state index contributed by atoms with van der Waals surface area (Å²) in [5.41, 5.74) is 1.51. The molecule has 0 spiro atoms. The molecule has 1 aromatic heterocycles. The highest BCUT2D eigenvalue weighted by Gasteiger charge is 2.08. The van der Waals surface area contributed by atoms with E-state index in [1.165, 1.54) is 0 Å². The van der Waals surface area contributed by atoms with Crippen molar-refractivity contribution in [2.24, 2.45) is 0 Å². The van der Waals surface area contributed by atoms with Gasteiger partial charge in [-0.05, 0) is 19.4 Å². The summed E-state index contributed by atoms with van der Waals surface area (Å²) >= 11 is 0. The number of carbonyl (C=O) groups excluding carboxylic acids is 1. The van der Waals surface area contributed by atoms with Gasteiger partial charge in [0.1, 0.15) is 18.9 Å². The minimum absolute atomic E-state index is 0.0559. The third kappa shape index (κ3) is 4.08. The van der Waals surface area contributed by atoms with Gasteiger partial charge in [-0.25, -0.2) is 9.48 Å². The second-order valence-electron chi connectivity index (χ2n) is 4.60. The third-order valence-electron chi connectivity index (χ3n) is 2.62. The molecule has 0 aliphatic rings. The fourth-order valence-corrected chi connectivity index (χ4v) is 1.52. The van der Waals surface area contributed by atoms with Gasteiger partial charge in [-0.15, -0.1) is 5.10 Å². The molecule has 2 rings (SSSR count). The van der Waals surface area contributed by atoms with Crippen molar-refractivity contribution in [3.05, 3.63) is 47.8 Å². The number of ether oxygens (including phenoxy) is 2. The largest absolute Gasteiger partial charge is 0.508 e. The lowest BCUT2D eigenvalue weighted by Gasteiger charge is -2.05. The standard InChI is InChI=1S/C14H17N3O3/c1-11(2)17-8-13(15-16-17)10-20-14(18)19-9-12-6-4-3-5-7-12/h3-8,11H,9-10H2,1-2H3. The Morgan fingerprint density at radius 1 is 1.20 bits per heavy atom. The summed E-state index contributed by atoms with van der Waals surface area (Å²) in [5.74, 6) is 0. The number of nitrogens with zero attached hydrogens (tertiary/aromatic N) is 3. The van der Waals surface area contributed by atoms with E-state index in [9.17, 15) is 4.79 Å². The molecule has 20 heavy (non-hydrogen) atoms. The van der Waals surface area contributed by atoms with Crippen molar-refractivity contribution in [3.63, 3.8) is 0 Å². The summed E-state index contributed by atoms with van der Waals surface area (Å²) in [5, 5.41) is 7.83. The average molecular weight is 275 g/mol. The van der Waals surface area contributed by atoms with Gasteiger partial charge in [0.2, 0.25) is 0 Å². The molecule has 0 N–H and O–H groups in total. The van der Waals surface area contributed by atoms with Gasteiger partial charge >= 0.3 is 6.16 Å². The number of hydrogen-bond donors (Lipinski definition) is 0. The van der Waals surface area contributed by atoms with E-state index in [0.29, 0.717) is 5.69 Å². The minimum Gasteiger partial charge on any atom is -0.429 e. The van der Waals surface area contributed by atoms with Crippen LogP contribution in [0.1, 0.15) is 31.1 Å². The number of carbonyl (C=O) groups is 1. The van der Waals surface area contributed by atoms with Crippen molar-refractivity contribution < 1.29 is 14.3 Å². The molecule has 1 heterocycles. The summed E-state index contributed by atoms with van der Waals surface area (Å²) in [6.45, 7) is 4.24. The number of benzene rings is 1. The molecule has 6 heteroatoms. The van der Waals surface area contributed by atoms with Gasteiger partial charge in [0.15, 0.2) is 0 Å². The van der Waals surface area contributed by atoms with Crippen LogP contribution in [0.3, 0.4) is 0 Å². The van der Waals surface area contributed by atoms with Crippen LogP contribution < -0.4 is 0 Å². The van der Waals surface area contributed by atoms with Gasteiger partial charge in [-0.2, -0.15) is 0 Å². The number of hydrogen-bond acceptors (Lipinski definition) is 5. The third-order valence-corrected chi connectivity index (χ3v) is 2.62. The van der Waals surface area contributed by atoms with E-state index in [0.717, 1.165) is 5.56 Å². The lowest BCUT2D eigenvalue weighted by atomic mass is 10.2. The van der Waals surface area contributed by atoms with Crippen LogP contribution in [0.5, 0.6) is 0 Å². The molecule has 0 atom stereocenters. The Labute approximate surface area is 117 Å². The Morgan fingerprint density at radius 2 is 1.90 bits per heavy atom. The van der Waals surface area contributed by atoms with Crippen molar-refractivity contribution >= 4 is 6.16 Å². The molecule has 0 unspecified atom stereocenters. The second kappa shape index (κ2) is 6.70. The lowest BCUT2D eigenvalue weighted by Crippen LogP contribution is -2.07. The highest BCUT2D eigenvalue weighted by atomic mass is 16.7. The Kier molecular flexibility index (Phi) is 4.70. The molecule has 0 bridgehead atoms. The highest BCUT2D eigenvalue weighted by Crippen LogP contribution is 2.05. The van der Waals surface area contributed by atoms with Crippen LogP contribution in [0, 0.1) is 0 Å². The van der Waals surface area contributed by atoms with E-state index in [-0.39, 0.29) is 19.3 Å². The molecular weight excluding hydrogens is 258 g/mol. The first kappa shape index (κ1) is 14.0.